The Hall–Kier alpha value is -0.880. The molecular weight excluding hydrogens is 369 g/mol. The van der Waals surface area contributed by atoms with E-state index in [-0.39, 0.29) is 29.8 Å². The molecule has 4 heteroatoms. The van der Waals surface area contributed by atoms with Gasteiger partial charge in [0.15, 0.2) is 17.7 Å². The van der Waals surface area contributed by atoms with Gasteiger partial charge in [-0.1, -0.05) is 18.2 Å². The first-order valence-corrected chi connectivity index (χ1v) is 7.04. The zero-order valence-corrected chi connectivity index (χ0v) is 13.9. The number of Topliss-reactive ketones (excluding diaryl/α,β-unsaturated/α-hetero) is 1. The number of halogens is 1. The van der Waals surface area contributed by atoms with Gasteiger partial charge >= 0.3 is 0 Å². The smallest absolute Gasteiger partial charge is 0.188 e. The van der Waals surface area contributed by atoms with Crippen LogP contribution in [0, 0.1) is 0 Å². The topological polar surface area (TPSA) is 20.9 Å². The van der Waals surface area contributed by atoms with Crippen molar-refractivity contribution in [3.63, 3.8) is 0 Å². The van der Waals surface area contributed by atoms with Gasteiger partial charge in [-0.05, 0) is 18.4 Å². The van der Waals surface area contributed by atoms with Gasteiger partial charge in [0.05, 0.1) is 6.42 Å². The number of aromatic nitrogens is 1. The minimum absolute atomic E-state index is 0. The first-order chi connectivity index (χ1) is 8.70. The number of carbonyl (C=O) groups is 1. The Bertz CT molecular complexity index is 554. The normalized spacial score (nSPS) is 9.79. The average Bonchev–Trinajstić information content (AvgIpc) is 2.41. The summed E-state index contributed by atoms with van der Waals surface area (Å²) in [6, 6.07) is 13.7. The molecule has 2 nitrogen and oxygen atoms in total. The van der Waals surface area contributed by atoms with Gasteiger partial charge in [-0.2, -0.15) is 0 Å². The van der Waals surface area contributed by atoms with Crippen molar-refractivity contribution in [2.75, 3.05) is 6.26 Å². The van der Waals surface area contributed by atoms with Crippen molar-refractivity contribution in [1.29, 1.82) is 0 Å². The molecule has 0 aliphatic rings. The van der Waals surface area contributed by atoms with Crippen molar-refractivity contribution in [3.8, 4) is 0 Å². The molecule has 0 amide bonds. The third kappa shape index (κ3) is 4.31. The molecule has 100 valence electrons. The summed E-state index contributed by atoms with van der Waals surface area (Å²) in [6.07, 6.45) is 4.43. The molecule has 0 aliphatic heterocycles. The molecule has 2 aromatic rings. The first kappa shape index (κ1) is 16.2. The number of hydrogen-bond donors (Lipinski definition) is 0. The molecule has 0 aliphatic carbocycles. The Labute approximate surface area is 135 Å². The van der Waals surface area contributed by atoms with Gasteiger partial charge in [-0.3, -0.25) is 4.79 Å². The second kappa shape index (κ2) is 7.65. The summed E-state index contributed by atoms with van der Waals surface area (Å²) in [7, 11) is 1.96. The Morgan fingerprint density at radius 3 is 2.42 bits per heavy atom. The molecule has 0 bridgehead atoms. The molecule has 0 spiro atoms. The molecule has 0 fully saturated rings. The fraction of sp³-hybridized carbons (Fsp3) is 0.200. The van der Waals surface area contributed by atoms with E-state index in [2.05, 4.69) is 0 Å². The van der Waals surface area contributed by atoms with Gasteiger partial charge in [-0.25, -0.2) is 4.57 Å². The lowest BCUT2D eigenvalue weighted by molar-refractivity contribution is -0.678. The zero-order chi connectivity index (χ0) is 13.0. The SMILES string of the molecule is CSc1ccc(C(=O)Cc2cccc[n+]2C)cc1.[I-]. The van der Waals surface area contributed by atoms with Crippen LogP contribution in [0.15, 0.2) is 53.6 Å². The number of rotatable bonds is 4. The van der Waals surface area contributed by atoms with E-state index in [9.17, 15) is 4.79 Å². The van der Waals surface area contributed by atoms with Crippen LogP contribution >= 0.6 is 11.8 Å². The second-order valence-electron chi connectivity index (χ2n) is 4.13. The Morgan fingerprint density at radius 1 is 1.16 bits per heavy atom. The van der Waals surface area contributed by atoms with Crippen LogP contribution < -0.4 is 28.5 Å². The molecule has 1 aromatic heterocycles. The van der Waals surface area contributed by atoms with E-state index in [1.807, 2.05) is 66.5 Å². The Kier molecular flexibility index (Phi) is 6.51. The maximum Gasteiger partial charge on any atom is 0.188 e. The quantitative estimate of drug-likeness (QED) is 0.311. The molecule has 19 heavy (non-hydrogen) atoms. The van der Waals surface area contributed by atoms with Crippen LogP contribution in [-0.2, 0) is 13.5 Å². The third-order valence-electron chi connectivity index (χ3n) is 2.92. The number of hydrogen-bond acceptors (Lipinski definition) is 2. The van der Waals surface area contributed by atoms with Crippen LogP contribution in [0.25, 0.3) is 0 Å². The summed E-state index contributed by atoms with van der Waals surface area (Å²) in [5.74, 6) is 0.157. The van der Waals surface area contributed by atoms with E-state index in [0.29, 0.717) is 6.42 Å². The minimum Gasteiger partial charge on any atom is -1.00 e. The largest absolute Gasteiger partial charge is 1.00 e. The zero-order valence-electron chi connectivity index (χ0n) is 11.0. The van der Waals surface area contributed by atoms with Crippen LogP contribution in [0.5, 0.6) is 0 Å². The van der Waals surface area contributed by atoms with E-state index in [1.165, 1.54) is 4.90 Å². The van der Waals surface area contributed by atoms with E-state index in [0.717, 1.165) is 11.3 Å². The van der Waals surface area contributed by atoms with Gasteiger partial charge in [0, 0.05) is 22.6 Å². The highest BCUT2D eigenvalue weighted by atomic mass is 127. The number of pyridine rings is 1. The molecule has 0 saturated heterocycles. The van der Waals surface area contributed by atoms with Gasteiger partial charge in [0.1, 0.15) is 7.05 Å². The number of thioether (sulfide) groups is 1. The summed E-state index contributed by atoms with van der Waals surface area (Å²) in [5, 5.41) is 0. The maximum absolute atomic E-state index is 12.1. The Balaban J connectivity index is 0.00000180. The molecule has 1 aromatic carbocycles. The molecule has 0 N–H and O–H groups in total. The Morgan fingerprint density at radius 2 is 1.84 bits per heavy atom. The van der Waals surface area contributed by atoms with Crippen LogP contribution in [0.3, 0.4) is 0 Å². The number of nitrogens with zero attached hydrogens (tertiary/aromatic N) is 1. The summed E-state index contributed by atoms with van der Waals surface area (Å²) >= 11 is 1.68. The fourth-order valence-corrected chi connectivity index (χ4v) is 2.19. The lowest BCUT2D eigenvalue weighted by Crippen LogP contribution is -3.00. The van der Waals surface area contributed by atoms with Crippen molar-refractivity contribution in [2.24, 2.45) is 7.05 Å². The molecule has 1 heterocycles. The first-order valence-electron chi connectivity index (χ1n) is 5.81. The summed E-state index contributed by atoms with van der Waals surface area (Å²) in [5.41, 5.74) is 1.80. The highest BCUT2D eigenvalue weighted by molar-refractivity contribution is 7.98. The lowest BCUT2D eigenvalue weighted by Gasteiger charge is -2.01. The van der Waals surface area contributed by atoms with Crippen molar-refractivity contribution in [2.45, 2.75) is 11.3 Å². The van der Waals surface area contributed by atoms with Crippen molar-refractivity contribution < 1.29 is 33.3 Å². The lowest BCUT2D eigenvalue weighted by atomic mass is 10.1. The van der Waals surface area contributed by atoms with Crippen LogP contribution in [-0.4, -0.2) is 12.0 Å². The van der Waals surface area contributed by atoms with Crippen molar-refractivity contribution in [1.82, 2.24) is 0 Å². The van der Waals surface area contributed by atoms with Crippen molar-refractivity contribution >= 4 is 17.5 Å². The fourth-order valence-electron chi connectivity index (χ4n) is 1.79. The number of benzene rings is 1. The van der Waals surface area contributed by atoms with E-state index in [4.69, 9.17) is 0 Å². The molecule has 0 saturated carbocycles. The molecule has 0 atom stereocenters. The van der Waals surface area contributed by atoms with Gasteiger partial charge < -0.3 is 24.0 Å². The van der Waals surface area contributed by atoms with Gasteiger partial charge in [0.2, 0.25) is 0 Å². The maximum atomic E-state index is 12.1. The molecule has 2 rings (SSSR count). The highest BCUT2D eigenvalue weighted by Crippen LogP contribution is 2.15. The highest BCUT2D eigenvalue weighted by Gasteiger charge is 2.12. The van der Waals surface area contributed by atoms with E-state index in [1.54, 1.807) is 11.8 Å². The average molecular weight is 385 g/mol. The van der Waals surface area contributed by atoms with Gasteiger partial charge in [0.25, 0.3) is 0 Å². The number of carbonyl (C=O) groups excluding carboxylic acids is 1. The standard InChI is InChI=1S/C15H16NOS.HI/c1-16-10-4-3-5-13(16)11-15(17)12-6-8-14(18-2)9-7-12;/h3-10H,11H2,1-2H3;1H/q+1;/p-1. The molecule has 0 unspecified atom stereocenters. The van der Waals surface area contributed by atoms with Crippen LogP contribution in [0.1, 0.15) is 16.1 Å². The number of ketones is 1. The molecular formula is C15H16INOS. The summed E-state index contributed by atoms with van der Waals surface area (Å²) in [4.78, 5) is 13.3. The molecule has 0 radical (unpaired) electrons. The minimum atomic E-state index is 0. The van der Waals surface area contributed by atoms with Crippen LogP contribution in [0.2, 0.25) is 0 Å². The monoisotopic (exact) mass is 385 g/mol. The van der Waals surface area contributed by atoms with Crippen LogP contribution in [0.4, 0.5) is 0 Å². The van der Waals surface area contributed by atoms with Gasteiger partial charge in [-0.15, -0.1) is 11.8 Å². The summed E-state index contributed by atoms with van der Waals surface area (Å²) in [6.45, 7) is 0. The second-order valence-corrected chi connectivity index (χ2v) is 5.01. The third-order valence-corrected chi connectivity index (χ3v) is 3.66. The summed E-state index contributed by atoms with van der Waals surface area (Å²) < 4.78 is 1.98. The number of aryl methyl sites for hydroxylation is 1. The predicted molar refractivity (Wildman–Crippen MR) is 73.9 cm³/mol. The van der Waals surface area contributed by atoms with E-state index < -0.39 is 0 Å². The predicted octanol–water partition coefficient (Wildman–Crippen LogP) is -0.338. The van der Waals surface area contributed by atoms with Crippen molar-refractivity contribution in [3.05, 3.63) is 59.9 Å². The van der Waals surface area contributed by atoms with E-state index >= 15 is 0 Å².